The van der Waals surface area contributed by atoms with Crippen molar-refractivity contribution in [3.8, 4) is 11.3 Å². The number of amides is 1. The molecule has 0 radical (unpaired) electrons. The quantitative estimate of drug-likeness (QED) is 0.690. The highest BCUT2D eigenvalue weighted by Gasteiger charge is 2.24. The van der Waals surface area contributed by atoms with Crippen molar-refractivity contribution in [1.29, 1.82) is 0 Å². The van der Waals surface area contributed by atoms with Crippen LogP contribution in [-0.4, -0.2) is 21.2 Å². The summed E-state index contributed by atoms with van der Waals surface area (Å²) in [5.41, 5.74) is 3.79. The molecule has 0 aliphatic carbocycles. The van der Waals surface area contributed by atoms with Gasteiger partial charge in [0.25, 0.3) is 5.91 Å². The molecule has 0 bridgehead atoms. The lowest BCUT2D eigenvalue weighted by Gasteiger charge is -2.11. The maximum Gasteiger partial charge on any atom is 0.256 e. The van der Waals surface area contributed by atoms with Crippen LogP contribution in [0, 0.1) is 12.7 Å². The van der Waals surface area contributed by atoms with Gasteiger partial charge in [-0.1, -0.05) is 59.3 Å². The number of hydrogen-bond donors (Lipinski definition) is 1. The summed E-state index contributed by atoms with van der Waals surface area (Å²) in [6.07, 6.45) is 0. The monoisotopic (exact) mass is 401 g/mol. The van der Waals surface area contributed by atoms with Gasteiger partial charge in [0.2, 0.25) is 0 Å². The van der Waals surface area contributed by atoms with Gasteiger partial charge in [-0.3, -0.25) is 4.79 Å². The van der Waals surface area contributed by atoms with Gasteiger partial charge in [0, 0.05) is 17.9 Å². The number of benzene rings is 2. The topological polar surface area (TPSA) is 46.9 Å². The number of aromatic nitrogens is 2. The smallest absolute Gasteiger partial charge is 0.256 e. The standard InChI is InChI=1S/C20H17ClFN3OS/c1-12-5-7-13(8-6-12)18-16(25-9-10-27-20(25)24-18)11-23-19(26)17-14(21)3-2-4-15(17)22/h2-8H,9-11H2,1H3,(H,23,26). The van der Waals surface area contributed by atoms with Crippen LogP contribution in [0.2, 0.25) is 5.02 Å². The van der Waals surface area contributed by atoms with E-state index >= 15 is 0 Å². The molecule has 1 aliphatic heterocycles. The Morgan fingerprint density at radius 1 is 1.30 bits per heavy atom. The summed E-state index contributed by atoms with van der Waals surface area (Å²) >= 11 is 7.69. The Balaban J connectivity index is 1.64. The Bertz CT molecular complexity index is 997. The lowest BCUT2D eigenvalue weighted by molar-refractivity contribution is 0.0946. The summed E-state index contributed by atoms with van der Waals surface area (Å²) in [6, 6.07) is 12.3. The van der Waals surface area contributed by atoms with E-state index in [4.69, 9.17) is 16.6 Å². The van der Waals surface area contributed by atoms with E-state index in [-0.39, 0.29) is 17.1 Å². The molecule has 0 spiro atoms. The van der Waals surface area contributed by atoms with Crippen LogP contribution in [0.1, 0.15) is 21.6 Å². The first-order valence-corrected chi connectivity index (χ1v) is 9.92. The van der Waals surface area contributed by atoms with Crippen molar-refractivity contribution < 1.29 is 9.18 Å². The number of aryl methyl sites for hydroxylation is 1. The lowest BCUT2D eigenvalue weighted by atomic mass is 10.1. The Morgan fingerprint density at radius 2 is 2.07 bits per heavy atom. The van der Waals surface area contributed by atoms with E-state index in [0.717, 1.165) is 34.4 Å². The highest BCUT2D eigenvalue weighted by molar-refractivity contribution is 7.99. The fourth-order valence-corrected chi connectivity index (χ4v) is 4.34. The second-order valence-corrected chi connectivity index (χ2v) is 7.80. The van der Waals surface area contributed by atoms with Crippen LogP contribution in [0.15, 0.2) is 47.6 Å². The number of rotatable bonds is 4. The summed E-state index contributed by atoms with van der Waals surface area (Å²) in [4.78, 5) is 17.3. The summed E-state index contributed by atoms with van der Waals surface area (Å²) in [5.74, 6) is -0.210. The van der Waals surface area contributed by atoms with E-state index in [1.165, 1.54) is 23.8 Å². The van der Waals surface area contributed by atoms with Crippen molar-refractivity contribution in [2.75, 3.05) is 5.75 Å². The van der Waals surface area contributed by atoms with Crippen LogP contribution >= 0.6 is 23.4 Å². The normalized spacial score (nSPS) is 12.9. The molecule has 1 amide bonds. The maximum absolute atomic E-state index is 14.0. The average molecular weight is 402 g/mol. The number of thioether (sulfide) groups is 1. The van der Waals surface area contributed by atoms with Gasteiger partial charge in [0.15, 0.2) is 5.16 Å². The predicted molar refractivity (Wildman–Crippen MR) is 106 cm³/mol. The number of fused-ring (bicyclic) bond motifs is 1. The first-order valence-electron chi connectivity index (χ1n) is 8.56. The molecule has 2 aromatic carbocycles. The van der Waals surface area contributed by atoms with E-state index in [2.05, 4.69) is 9.88 Å². The van der Waals surface area contributed by atoms with Crippen LogP contribution in [0.5, 0.6) is 0 Å². The Kier molecular flexibility index (Phi) is 4.93. The summed E-state index contributed by atoms with van der Waals surface area (Å²) in [7, 11) is 0. The molecular formula is C20H17ClFN3OS. The van der Waals surface area contributed by atoms with Crippen LogP contribution < -0.4 is 5.32 Å². The third-order valence-corrected chi connectivity index (χ3v) is 5.79. The van der Waals surface area contributed by atoms with E-state index in [1.807, 2.05) is 31.2 Å². The number of carbonyl (C=O) groups is 1. The molecule has 138 valence electrons. The van der Waals surface area contributed by atoms with E-state index in [1.54, 1.807) is 11.8 Å². The van der Waals surface area contributed by atoms with Gasteiger partial charge in [-0.2, -0.15) is 0 Å². The van der Waals surface area contributed by atoms with E-state index in [0.29, 0.717) is 0 Å². The molecule has 0 saturated heterocycles. The minimum Gasteiger partial charge on any atom is -0.346 e. The van der Waals surface area contributed by atoms with Crippen LogP contribution in [0.4, 0.5) is 4.39 Å². The van der Waals surface area contributed by atoms with Crippen LogP contribution in [-0.2, 0) is 13.1 Å². The molecule has 0 atom stereocenters. The van der Waals surface area contributed by atoms with Gasteiger partial charge >= 0.3 is 0 Å². The fraction of sp³-hybridized carbons (Fsp3) is 0.200. The Hall–Kier alpha value is -2.31. The van der Waals surface area contributed by atoms with Crippen LogP contribution in [0.3, 0.4) is 0 Å². The average Bonchev–Trinajstić information content (AvgIpc) is 3.22. The summed E-state index contributed by atoms with van der Waals surface area (Å²) < 4.78 is 16.1. The van der Waals surface area contributed by atoms with Crippen molar-refractivity contribution in [2.45, 2.75) is 25.2 Å². The van der Waals surface area contributed by atoms with Gasteiger partial charge in [-0.05, 0) is 19.1 Å². The largest absolute Gasteiger partial charge is 0.346 e. The minimum atomic E-state index is -0.632. The van der Waals surface area contributed by atoms with E-state index < -0.39 is 11.7 Å². The molecule has 1 aliphatic rings. The van der Waals surface area contributed by atoms with E-state index in [9.17, 15) is 9.18 Å². The van der Waals surface area contributed by atoms with Crippen LogP contribution in [0.25, 0.3) is 11.3 Å². The second kappa shape index (κ2) is 7.37. The molecule has 0 unspecified atom stereocenters. The molecule has 27 heavy (non-hydrogen) atoms. The van der Waals surface area contributed by atoms with Crippen molar-refractivity contribution in [3.05, 3.63) is 70.1 Å². The molecule has 4 rings (SSSR count). The van der Waals surface area contributed by atoms with Gasteiger partial charge < -0.3 is 9.88 Å². The highest BCUT2D eigenvalue weighted by Crippen LogP contribution is 2.33. The molecule has 4 nitrogen and oxygen atoms in total. The first kappa shape index (κ1) is 18.1. The van der Waals surface area contributed by atoms with Crippen molar-refractivity contribution in [1.82, 2.24) is 14.9 Å². The minimum absolute atomic E-state index is 0.0975. The fourth-order valence-electron chi connectivity index (χ4n) is 3.12. The number of nitrogens with one attached hydrogen (secondary N) is 1. The zero-order valence-electron chi connectivity index (χ0n) is 14.6. The molecule has 1 aromatic heterocycles. The van der Waals surface area contributed by atoms with Crippen molar-refractivity contribution >= 4 is 29.3 Å². The summed E-state index contributed by atoms with van der Waals surface area (Å²) in [5, 5.41) is 3.84. The third-order valence-electron chi connectivity index (χ3n) is 4.51. The number of nitrogens with zero attached hydrogens (tertiary/aromatic N) is 2. The molecule has 3 aromatic rings. The SMILES string of the molecule is Cc1ccc(-c2nc3n(c2CNC(=O)c2c(F)cccc2Cl)CCS3)cc1. The second-order valence-electron chi connectivity index (χ2n) is 6.34. The zero-order chi connectivity index (χ0) is 19.0. The molecular weight excluding hydrogens is 385 g/mol. The van der Waals surface area contributed by atoms with Gasteiger partial charge in [-0.15, -0.1) is 0 Å². The lowest BCUT2D eigenvalue weighted by Crippen LogP contribution is -2.25. The van der Waals surface area contributed by atoms with Crippen molar-refractivity contribution in [3.63, 3.8) is 0 Å². The molecule has 0 fully saturated rings. The maximum atomic E-state index is 14.0. The number of hydrogen-bond acceptors (Lipinski definition) is 3. The molecule has 2 heterocycles. The molecule has 7 heteroatoms. The predicted octanol–water partition coefficient (Wildman–Crippen LogP) is 4.69. The van der Waals surface area contributed by atoms with Gasteiger partial charge in [-0.25, -0.2) is 9.37 Å². The summed E-state index contributed by atoms with van der Waals surface area (Å²) in [6.45, 7) is 3.12. The number of imidazole rings is 1. The number of carbonyl (C=O) groups excluding carboxylic acids is 1. The van der Waals surface area contributed by atoms with Gasteiger partial charge in [0.1, 0.15) is 5.82 Å². The van der Waals surface area contributed by atoms with Gasteiger partial charge in [0.05, 0.1) is 28.5 Å². The third kappa shape index (κ3) is 3.47. The Labute approximate surface area is 165 Å². The van der Waals surface area contributed by atoms with Crippen molar-refractivity contribution in [2.24, 2.45) is 0 Å². The number of halogens is 2. The zero-order valence-corrected chi connectivity index (χ0v) is 16.2. The highest BCUT2D eigenvalue weighted by atomic mass is 35.5. The molecule has 0 saturated carbocycles. The Morgan fingerprint density at radius 3 is 2.81 bits per heavy atom. The first-order chi connectivity index (χ1) is 13.0. The molecule has 1 N–H and O–H groups in total.